The number of pyridine rings is 1. The van der Waals surface area contributed by atoms with Crippen molar-refractivity contribution in [2.75, 3.05) is 44.2 Å². The maximum atomic E-state index is 13.7. The van der Waals surface area contributed by atoms with E-state index in [-0.39, 0.29) is 65.8 Å². The number of benzene rings is 4. The van der Waals surface area contributed by atoms with Gasteiger partial charge in [0.2, 0.25) is 0 Å². The number of aromatic nitrogens is 1. The summed E-state index contributed by atoms with van der Waals surface area (Å²) in [6.07, 6.45) is 4.75. The minimum Gasteiger partial charge on any atom is -0.619 e. The molecule has 13 nitrogen and oxygen atoms in total. The van der Waals surface area contributed by atoms with Crippen LogP contribution in [-0.4, -0.2) is 79.8 Å². The molecule has 68 heavy (non-hydrogen) atoms. The lowest BCUT2D eigenvalue weighted by Gasteiger charge is -2.44. The zero-order chi connectivity index (χ0) is 47.3. The average molecular weight is 972 g/mol. The highest BCUT2D eigenvalue weighted by molar-refractivity contribution is 6.35. The number of esters is 1. The lowest BCUT2D eigenvalue weighted by atomic mass is 9.86. The number of ether oxygens (including phenoxy) is 5. The zero-order valence-corrected chi connectivity index (χ0v) is 38.5. The van der Waals surface area contributed by atoms with E-state index in [9.17, 15) is 28.4 Å². The Hall–Kier alpha value is -6.16. The first-order valence-corrected chi connectivity index (χ1v) is 23.5. The Morgan fingerprint density at radius 1 is 0.809 bits per heavy atom. The number of amides is 2. The molecular weight excluding hydrogens is 921 g/mol. The third-order valence-electron chi connectivity index (χ3n) is 12.9. The van der Waals surface area contributed by atoms with E-state index in [0.717, 1.165) is 74.5 Å². The molecule has 1 saturated carbocycles. The van der Waals surface area contributed by atoms with Crippen LogP contribution in [0.1, 0.15) is 64.4 Å². The number of carbonyl (C=O) groups excluding carboxylic acids is 3. The van der Waals surface area contributed by atoms with Gasteiger partial charge in [-0.25, -0.2) is 4.79 Å². The summed E-state index contributed by atoms with van der Waals surface area (Å²) in [6.45, 7) is 0.923. The van der Waals surface area contributed by atoms with Crippen LogP contribution in [0.15, 0.2) is 109 Å². The number of piperidine rings is 3. The Morgan fingerprint density at radius 3 is 2.15 bits per heavy atom. The summed E-state index contributed by atoms with van der Waals surface area (Å²) >= 11 is 12.8. The number of nitrogens with zero attached hydrogens (tertiary/aromatic N) is 4. The molecule has 1 aromatic heterocycles. The van der Waals surface area contributed by atoms with Crippen LogP contribution in [0.5, 0.6) is 17.2 Å². The van der Waals surface area contributed by atoms with E-state index >= 15 is 0 Å². The van der Waals surface area contributed by atoms with Crippen molar-refractivity contribution in [1.29, 1.82) is 0 Å². The molecule has 2 amide bonds. The molecule has 5 heterocycles. The molecule has 4 aliphatic heterocycles. The number of hydrogen-bond donors (Lipinski definition) is 0. The molecule has 2 bridgehead atoms. The second-order valence-electron chi connectivity index (χ2n) is 17.8. The van der Waals surface area contributed by atoms with Crippen LogP contribution in [0, 0.1) is 23.0 Å². The molecule has 17 heteroatoms. The van der Waals surface area contributed by atoms with Crippen molar-refractivity contribution in [3.63, 3.8) is 0 Å². The molecular formula is C51H50Cl2F2N4O9. The van der Waals surface area contributed by atoms with Crippen molar-refractivity contribution in [2.24, 2.45) is 17.8 Å². The SMILES string of the molecule is O=C(O[C@@H](Cc1c(Cl)c[n+]([O-])cc1Cl)c1ccc(OC(F)F)c(OCC2CC2)c1)C1CN(C(=O)c2ccc(COc3ccc(CN(C(=O)O[C@H]4CN5CCC4CC5)c4ccccc4)cc3)cc2)C1. The van der Waals surface area contributed by atoms with Gasteiger partial charge in [-0.05, 0) is 116 Å². The Kier molecular flexibility index (Phi) is 14.5. The van der Waals surface area contributed by atoms with Crippen molar-refractivity contribution < 1.29 is 51.6 Å². The van der Waals surface area contributed by atoms with Gasteiger partial charge in [0, 0.05) is 42.9 Å². The molecule has 4 saturated heterocycles. The second kappa shape index (κ2) is 21.0. The number of anilines is 1. The minimum absolute atomic E-state index is 0.0468. The standard InChI is InChI=1S/C51H50Cl2F2N4O9/c52-42-27-58(63)28-43(53)41(42)23-45(37-14-17-44(67-50(54)55)46(22-37)65-31-33-6-7-33)66-49(61)38-25-57(26-38)48(60)36-12-8-34(9-13-36)30-64-40-15-10-32(11-16-40)24-59(39-4-2-1-3-5-39)51(62)68-47-29-56-20-18-35(47)19-21-56/h1-5,8-17,22,27-28,33,35,38,45,47,50H,6-7,18-21,23-26,29-31H2/t45-,47-/m0/s1. The quantitative estimate of drug-likeness (QED) is 0.0475. The highest BCUT2D eigenvalue weighted by Gasteiger charge is 2.40. The van der Waals surface area contributed by atoms with Crippen LogP contribution in [0.2, 0.25) is 10.0 Å². The van der Waals surface area contributed by atoms with Gasteiger partial charge in [-0.2, -0.15) is 13.5 Å². The third kappa shape index (κ3) is 11.6. The van der Waals surface area contributed by atoms with Gasteiger partial charge in [0.1, 0.15) is 34.6 Å². The fourth-order valence-corrected chi connectivity index (χ4v) is 9.36. The largest absolute Gasteiger partial charge is 0.619 e. The minimum atomic E-state index is -3.09. The summed E-state index contributed by atoms with van der Waals surface area (Å²) in [4.78, 5) is 46.3. The van der Waals surface area contributed by atoms with E-state index in [1.807, 2.05) is 66.7 Å². The van der Waals surface area contributed by atoms with Gasteiger partial charge in [-0.15, -0.1) is 0 Å². The molecule has 0 unspecified atom stereocenters. The molecule has 0 N–H and O–H groups in total. The van der Waals surface area contributed by atoms with Crippen LogP contribution in [0.25, 0.3) is 0 Å². The summed E-state index contributed by atoms with van der Waals surface area (Å²) in [5, 5.41) is 12.1. The molecule has 10 rings (SSSR count). The van der Waals surface area contributed by atoms with Gasteiger partial charge < -0.3 is 33.8 Å². The third-order valence-corrected chi connectivity index (χ3v) is 13.6. The summed E-state index contributed by atoms with van der Waals surface area (Å²) in [7, 11) is 0. The van der Waals surface area contributed by atoms with Crippen molar-refractivity contribution in [1.82, 2.24) is 9.80 Å². The molecule has 5 aliphatic rings. The lowest BCUT2D eigenvalue weighted by Crippen LogP contribution is -2.53. The Labute approximate surface area is 402 Å². The predicted molar refractivity (Wildman–Crippen MR) is 248 cm³/mol. The van der Waals surface area contributed by atoms with Crippen LogP contribution >= 0.6 is 23.2 Å². The van der Waals surface area contributed by atoms with E-state index < -0.39 is 24.6 Å². The summed E-state index contributed by atoms with van der Waals surface area (Å²) in [6, 6.07) is 28.4. The smallest absolute Gasteiger partial charge is 0.414 e. The topological polar surface area (TPSA) is 134 Å². The van der Waals surface area contributed by atoms with Gasteiger partial charge in [0.05, 0.1) is 19.1 Å². The normalized spacial score (nSPS) is 19.2. The van der Waals surface area contributed by atoms with E-state index in [2.05, 4.69) is 4.90 Å². The van der Waals surface area contributed by atoms with E-state index in [4.69, 9.17) is 46.9 Å². The summed E-state index contributed by atoms with van der Waals surface area (Å²) in [5.74, 6) is -0.253. The van der Waals surface area contributed by atoms with Crippen molar-refractivity contribution in [3.05, 3.63) is 153 Å². The van der Waals surface area contributed by atoms with Gasteiger partial charge in [0.25, 0.3) is 5.91 Å². The number of alkyl halides is 2. The maximum absolute atomic E-state index is 13.7. The van der Waals surface area contributed by atoms with Gasteiger partial charge in [-0.1, -0.05) is 71.7 Å². The molecule has 5 aromatic rings. The summed E-state index contributed by atoms with van der Waals surface area (Å²) < 4.78 is 55.8. The predicted octanol–water partition coefficient (Wildman–Crippen LogP) is 9.43. The number of carbonyl (C=O) groups is 3. The maximum Gasteiger partial charge on any atom is 0.414 e. The fraction of sp³-hybridized carbons (Fsp3) is 0.373. The van der Waals surface area contributed by atoms with Crippen LogP contribution in [0.3, 0.4) is 0 Å². The first-order valence-electron chi connectivity index (χ1n) is 22.8. The molecule has 0 radical (unpaired) electrons. The van der Waals surface area contributed by atoms with Crippen LogP contribution < -0.4 is 23.8 Å². The van der Waals surface area contributed by atoms with E-state index in [1.54, 1.807) is 21.9 Å². The Morgan fingerprint density at radius 2 is 1.50 bits per heavy atom. The van der Waals surface area contributed by atoms with Crippen LogP contribution in [-0.2, 0) is 33.8 Å². The average Bonchev–Trinajstić information content (AvgIpc) is 4.16. The number of hydrogen-bond acceptors (Lipinski definition) is 10. The van der Waals surface area contributed by atoms with E-state index in [1.165, 1.54) is 18.2 Å². The lowest BCUT2D eigenvalue weighted by molar-refractivity contribution is -0.605. The first-order chi connectivity index (χ1) is 32.9. The van der Waals surface area contributed by atoms with Crippen molar-refractivity contribution in [3.8, 4) is 17.2 Å². The van der Waals surface area contributed by atoms with Gasteiger partial charge in [-0.3, -0.25) is 19.4 Å². The molecule has 0 spiro atoms. The second-order valence-corrected chi connectivity index (χ2v) is 18.6. The monoisotopic (exact) mass is 970 g/mol. The molecule has 4 aromatic carbocycles. The van der Waals surface area contributed by atoms with Gasteiger partial charge >= 0.3 is 18.7 Å². The number of fused-ring (bicyclic) bond motifs is 3. The zero-order valence-electron chi connectivity index (χ0n) is 37.0. The molecule has 1 aliphatic carbocycles. The fourth-order valence-electron chi connectivity index (χ4n) is 8.76. The molecule has 5 fully saturated rings. The van der Waals surface area contributed by atoms with E-state index in [0.29, 0.717) is 52.2 Å². The molecule has 2 atom stereocenters. The Bertz CT molecular complexity index is 2550. The highest BCUT2D eigenvalue weighted by atomic mass is 35.5. The number of para-hydroxylation sites is 1. The summed E-state index contributed by atoms with van der Waals surface area (Å²) in [5.41, 5.74) is 3.68. The van der Waals surface area contributed by atoms with Gasteiger partial charge in [0.15, 0.2) is 23.9 Å². The molecule has 356 valence electrons. The number of rotatable bonds is 18. The van der Waals surface area contributed by atoms with Crippen LogP contribution in [0.4, 0.5) is 19.3 Å². The number of likely N-dealkylation sites (tertiary alicyclic amines) is 1. The highest BCUT2D eigenvalue weighted by Crippen LogP contribution is 2.39. The van der Waals surface area contributed by atoms with Crippen molar-refractivity contribution in [2.45, 2.75) is 64.1 Å². The first kappa shape index (κ1) is 46.9. The van der Waals surface area contributed by atoms with Crippen molar-refractivity contribution >= 4 is 46.9 Å². The Balaban J connectivity index is 0.786. The number of halogens is 4.